The van der Waals surface area contributed by atoms with Crippen LogP contribution in [-0.4, -0.2) is 166 Å². The number of anilines is 2. The lowest BCUT2D eigenvalue weighted by Gasteiger charge is -2.27. The van der Waals surface area contributed by atoms with Gasteiger partial charge in [-0.05, 0) is 84.1 Å². The van der Waals surface area contributed by atoms with Gasteiger partial charge in [0.05, 0.1) is 52.3 Å². The highest BCUT2D eigenvalue weighted by Crippen LogP contribution is 2.49. The first kappa shape index (κ1) is 64.6. The molecular formula is C55H74N12O18P2. The first-order valence-corrected chi connectivity index (χ1v) is 31.6. The Bertz CT molecular complexity index is 3420. The molecule has 6 unspecified atom stereocenters. The Morgan fingerprint density at radius 1 is 0.621 bits per heavy atom. The average molecular weight is 1250 g/mol. The van der Waals surface area contributed by atoms with Gasteiger partial charge >= 0.3 is 27.4 Å². The van der Waals surface area contributed by atoms with Crippen molar-refractivity contribution in [2.45, 2.75) is 139 Å². The molecule has 2 saturated heterocycles. The number of allylic oxidation sites excluding steroid dienone is 1. The number of nitrogens with one attached hydrogen (secondary N) is 3. The molecule has 4 aromatic heterocycles. The van der Waals surface area contributed by atoms with Gasteiger partial charge in [0.15, 0.2) is 34.8 Å². The SMILES string of the molecule is CNc1nc2c3ncn(c3n1)C1OC(COP(=O)(Oc3ccccc3)N[C@@H](C)C(=O)OCCCC=CCCO2)[C@@H](O)[C@@]1(C)O.C[C@@H]1NP(=O)(Oc2ccccc2)OCC2OC(n3cnc4c(nc(N)nc43)OCCCCCCCOC1=O)[C@](C)(O)[C@@H]2O. The molecule has 2 fully saturated rings. The van der Waals surface area contributed by atoms with Gasteiger partial charge in [0.25, 0.3) is 0 Å². The first-order valence-electron chi connectivity index (χ1n) is 28.5. The lowest BCUT2D eigenvalue weighted by Crippen LogP contribution is -2.44. The van der Waals surface area contributed by atoms with E-state index in [1.807, 2.05) is 12.2 Å². The molecule has 2 aromatic carbocycles. The molecule has 10 rings (SSSR count). The Morgan fingerprint density at radius 3 is 1.59 bits per heavy atom. The number of nitrogens with zero attached hydrogens (tertiary/aromatic N) is 8. The van der Waals surface area contributed by atoms with E-state index in [0.29, 0.717) is 55.6 Å². The largest absolute Gasteiger partial charge is 0.476 e. The third-order valence-electron chi connectivity index (χ3n) is 14.4. The molecule has 0 radical (unpaired) electrons. The van der Waals surface area contributed by atoms with Crippen LogP contribution < -0.4 is 39.7 Å². The van der Waals surface area contributed by atoms with E-state index in [1.165, 1.54) is 49.5 Å². The smallest absolute Gasteiger partial charge is 0.459 e. The molecule has 32 heteroatoms. The Kier molecular flexibility index (Phi) is 21.1. The minimum Gasteiger partial charge on any atom is -0.476 e. The van der Waals surface area contributed by atoms with Crippen LogP contribution in [0.1, 0.15) is 91.5 Å². The molecule has 0 saturated carbocycles. The third kappa shape index (κ3) is 15.7. The number of esters is 2. The number of carbonyl (C=O) groups excluding carboxylic acids is 2. The quantitative estimate of drug-likeness (QED) is 0.0624. The van der Waals surface area contributed by atoms with Gasteiger partial charge in [0.1, 0.15) is 59.2 Å². The summed E-state index contributed by atoms with van der Waals surface area (Å²) in [7, 11) is -6.84. The van der Waals surface area contributed by atoms with E-state index in [4.69, 9.17) is 52.2 Å². The minimum absolute atomic E-state index is 0.0643. The summed E-state index contributed by atoms with van der Waals surface area (Å²) in [6.45, 7) is 5.83. The van der Waals surface area contributed by atoms with Crippen LogP contribution in [0.2, 0.25) is 0 Å². The molecule has 87 heavy (non-hydrogen) atoms. The number of aromatic nitrogens is 8. The number of hydrogen-bond donors (Lipinski definition) is 8. The molecule has 472 valence electrons. The van der Waals surface area contributed by atoms with Crippen molar-refractivity contribution in [3.05, 3.63) is 85.5 Å². The maximum Gasteiger partial charge on any atom is 0.459 e. The first-order chi connectivity index (χ1) is 41.7. The van der Waals surface area contributed by atoms with E-state index in [9.17, 15) is 39.1 Å². The Balaban J connectivity index is 0.000000208. The fraction of sp³-hybridized carbons (Fsp3) is 0.527. The molecule has 0 amide bonds. The number of para-hydroxylation sites is 2. The van der Waals surface area contributed by atoms with Crippen molar-refractivity contribution in [1.29, 1.82) is 0 Å². The third-order valence-corrected chi connectivity index (χ3v) is 17.7. The molecule has 0 aliphatic carbocycles. The maximum atomic E-state index is 13.9. The van der Waals surface area contributed by atoms with E-state index in [-0.39, 0.29) is 54.0 Å². The standard InChI is InChI=1S/C28H37N6O9P.C27H37N6O9P/c1-18-25(36)40-15-11-6-4-5-10-14-39-24-21-23(31-27(29-3)32-24)34(17-30-21)26-28(2,37)22(35)20(42-26)16-41-44(38,33-18)43-19-12-8-7-9-13-19;1-17-24(35)39-14-10-5-3-4-9-13-38-23-20-22(30-26(28)31-23)33(16-29-20)25-27(2,36)21(34)19(41-25)15-40-43(37,32-17)42-18-11-7-6-8-12-18/h4-5,7-9,12-13,17-18,20,22,26,35,37H,6,10-11,14-16H2,1-3H3,(H,33,38)(H,29,31,32);6-8,11-12,16-17,19,21,25,34,36H,3-5,9-10,13-15H2,1-2H3,(H,32,37)(H2,28,30,31)/t18-,20?,22+,26?,28+,44?;17-,19?,21+,25?,27+,43?/m00/s1. The summed E-state index contributed by atoms with van der Waals surface area (Å²) in [6, 6.07) is 14.5. The van der Waals surface area contributed by atoms with E-state index >= 15 is 0 Å². The number of fused-ring (bicyclic) bond motifs is 6. The predicted molar refractivity (Wildman–Crippen MR) is 311 cm³/mol. The second kappa shape index (κ2) is 28.5. The molecule has 12 bridgehead atoms. The van der Waals surface area contributed by atoms with E-state index < -0.39 is 101 Å². The van der Waals surface area contributed by atoms with Crippen LogP contribution in [0.4, 0.5) is 11.9 Å². The maximum absolute atomic E-state index is 13.9. The Morgan fingerprint density at radius 2 is 1.07 bits per heavy atom. The topological polar surface area (TPSA) is 391 Å². The highest BCUT2D eigenvalue weighted by molar-refractivity contribution is 7.52. The van der Waals surface area contributed by atoms with Crippen molar-refractivity contribution in [1.82, 2.24) is 49.2 Å². The van der Waals surface area contributed by atoms with Gasteiger partial charge in [-0.2, -0.15) is 30.1 Å². The molecule has 0 spiro atoms. The Labute approximate surface area is 500 Å². The van der Waals surface area contributed by atoms with E-state index in [1.54, 1.807) is 67.7 Å². The van der Waals surface area contributed by atoms with E-state index in [2.05, 4.69) is 45.4 Å². The van der Waals surface area contributed by atoms with Crippen LogP contribution in [0.5, 0.6) is 23.3 Å². The lowest BCUT2D eigenvalue weighted by molar-refractivity contribution is -0.146. The zero-order valence-electron chi connectivity index (χ0n) is 48.7. The fourth-order valence-electron chi connectivity index (χ4n) is 9.71. The number of imidazole rings is 2. The number of nitrogen functional groups attached to an aromatic ring is 1. The molecule has 30 nitrogen and oxygen atoms in total. The van der Waals surface area contributed by atoms with Crippen LogP contribution in [0, 0.1) is 0 Å². The molecule has 6 aromatic rings. The summed E-state index contributed by atoms with van der Waals surface area (Å²) in [6.07, 6.45) is 4.85. The van der Waals surface area contributed by atoms with Crippen molar-refractivity contribution >= 4 is 61.7 Å². The number of carbonyl (C=O) groups is 2. The van der Waals surface area contributed by atoms with Gasteiger partial charge < -0.3 is 68.9 Å². The van der Waals surface area contributed by atoms with Crippen LogP contribution in [-0.2, 0) is 46.7 Å². The molecule has 4 aliphatic heterocycles. The van der Waals surface area contributed by atoms with Crippen LogP contribution >= 0.6 is 15.5 Å². The van der Waals surface area contributed by atoms with E-state index in [0.717, 1.165) is 25.7 Å². The number of benzene rings is 2. The number of nitrogens with two attached hydrogens (primary N) is 1. The van der Waals surface area contributed by atoms with Crippen LogP contribution in [0.3, 0.4) is 0 Å². The molecule has 8 heterocycles. The summed E-state index contributed by atoms with van der Waals surface area (Å²) in [5.41, 5.74) is 3.42. The second-order valence-corrected chi connectivity index (χ2v) is 24.7. The highest BCUT2D eigenvalue weighted by atomic mass is 31.2. The number of aliphatic hydroxyl groups excluding tert-OH is 2. The van der Waals surface area contributed by atoms with Gasteiger partial charge in [-0.15, -0.1) is 0 Å². The van der Waals surface area contributed by atoms with Gasteiger partial charge in [-0.1, -0.05) is 67.8 Å². The lowest BCUT2D eigenvalue weighted by atomic mass is 9.96. The average Bonchev–Trinajstić information content (AvgIpc) is 2.56. The van der Waals surface area contributed by atoms with Gasteiger partial charge in [0, 0.05) is 7.05 Å². The molecular weight excluding hydrogens is 1180 g/mol. The van der Waals surface area contributed by atoms with Gasteiger partial charge in [-0.25, -0.2) is 19.1 Å². The number of ether oxygens (including phenoxy) is 6. The zero-order valence-corrected chi connectivity index (χ0v) is 50.4. The summed E-state index contributed by atoms with van der Waals surface area (Å²) < 4.78 is 88.2. The van der Waals surface area contributed by atoms with Crippen molar-refractivity contribution in [2.75, 3.05) is 57.7 Å². The van der Waals surface area contributed by atoms with Crippen molar-refractivity contribution < 1.29 is 85.7 Å². The number of aliphatic hydroxyl groups is 4. The molecule has 9 N–H and O–H groups in total. The van der Waals surface area contributed by atoms with Crippen molar-refractivity contribution in [3.63, 3.8) is 0 Å². The summed E-state index contributed by atoms with van der Waals surface area (Å²) in [5.74, 6) is -0.213. The second-order valence-electron chi connectivity index (χ2n) is 21.3. The summed E-state index contributed by atoms with van der Waals surface area (Å²) in [5, 5.41) is 53.1. The summed E-state index contributed by atoms with van der Waals surface area (Å²) in [4.78, 5) is 51.5. The minimum atomic E-state index is -4.25. The highest BCUT2D eigenvalue weighted by Gasteiger charge is 2.56. The van der Waals surface area contributed by atoms with Gasteiger partial charge in [0.2, 0.25) is 23.7 Å². The predicted octanol–water partition coefficient (Wildman–Crippen LogP) is 5.21. The zero-order chi connectivity index (χ0) is 61.9. The fourth-order valence-corrected chi connectivity index (χ4v) is 12.7. The van der Waals surface area contributed by atoms with Gasteiger partial charge in [-0.3, -0.25) is 27.8 Å². The van der Waals surface area contributed by atoms with Crippen LogP contribution in [0.25, 0.3) is 22.3 Å². The molecule has 12 atom stereocenters. The number of cyclic esters (lactones) is 2. The van der Waals surface area contributed by atoms with Crippen molar-refractivity contribution in [3.8, 4) is 23.3 Å². The number of hydrogen-bond acceptors (Lipinski definition) is 26. The molecule has 4 aliphatic rings. The number of rotatable bonds is 5. The summed E-state index contributed by atoms with van der Waals surface area (Å²) >= 11 is 0. The normalized spacial score (nSPS) is 31.0. The Hall–Kier alpha value is -6.92. The van der Waals surface area contributed by atoms with Crippen molar-refractivity contribution in [2.24, 2.45) is 0 Å². The monoisotopic (exact) mass is 1250 g/mol. The van der Waals surface area contributed by atoms with Crippen LogP contribution in [0.15, 0.2) is 85.5 Å².